The third-order valence-corrected chi connectivity index (χ3v) is 2.99. The zero-order chi connectivity index (χ0) is 14.4. The summed E-state index contributed by atoms with van der Waals surface area (Å²) in [5.74, 6) is -0.564. The van der Waals surface area contributed by atoms with E-state index in [2.05, 4.69) is 4.98 Å². The molecule has 0 atom stereocenters. The van der Waals surface area contributed by atoms with Crippen molar-refractivity contribution in [3.63, 3.8) is 0 Å². The van der Waals surface area contributed by atoms with Gasteiger partial charge < -0.3 is 9.72 Å². The van der Waals surface area contributed by atoms with Crippen molar-refractivity contribution in [2.24, 2.45) is 0 Å². The number of ether oxygens (including phenoxy) is 1. The van der Waals surface area contributed by atoms with E-state index < -0.39 is 5.97 Å². The lowest BCUT2D eigenvalue weighted by atomic mass is 10.1. The summed E-state index contributed by atoms with van der Waals surface area (Å²) >= 11 is 0. The lowest BCUT2D eigenvalue weighted by Gasteiger charge is -2.02. The van der Waals surface area contributed by atoms with Crippen LogP contribution in [0.4, 0.5) is 0 Å². The Morgan fingerprint density at radius 3 is 3.00 bits per heavy atom. The molecule has 0 aliphatic heterocycles. The van der Waals surface area contributed by atoms with E-state index in [9.17, 15) is 4.79 Å². The molecule has 0 saturated carbocycles. The number of nitrogens with one attached hydrogen (secondary N) is 1. The molecule has 1 N–H and O–H groups in total. The number of fused-ring (bicyclic) bond motifs is 1. The fraction of sp³-hybridized carbons (Fsp3) is 0.250. The Labute approximate surface area is 117 Å². The minimum Gasteiger partial charge on any atom is -0.462 e. The monoisotopic (exact) mass is 268 g/mol. The van der Waals surface area contributed by atoms with Gasteiger partial charge in [-0.25, -0.2) is 4.79 Å². The number of nitriles is 1. The number of unbranched alkanes of at least 4 members (excludes halogenated alkanes) is 1. The van der Waals surface area contributed by atoms with Crippen LogP contribution < -0.4 is 0 Å². The molecule has 2 aromatic rings. The summed E-state index contributed by atoms with van der Waals surface area (Å²) in [4.78, 5) is 14.9. The first-order valence-electron chi connectivity index (χ1n) is 6.61. The lowest BCUT2D eigenvalue weighted by molar-refractivity contribution is -0.138. The molecular weight excluding hydrogens is 252 g/mol. The molecule has 2 rings (SSSR count). The zero-order valence-electron chi connectivity index (χ0n) is 11.3. The van der Waals surface area contributed by atoms with Crippen molar-refractivity contribution in [1.29, 1.82) is 5.26 Å². The summed E-state index contributed by atoms with van der Waals surface area (Å²) in [7, 11) is 0. The van der Waals surface area contributed by atoms with Crippen molar-refractivity contribution in [3.8, 4) is 6.07 Å². The molecule has 0 bridgehead atoms. The number of benzene rings is 1. The largest absolute Gasteiger partial charge is 0.462 e. The molecule has 0 aliphatic rings. The SMILES string of the molecule is CCCCOC(=O)C(C#N)=Cc1c[nH]c2ccccc12. The van der Waals surface area contributed by atoms with E-state index in [0.717, 1.165) is 29.3 Å². The number of para-hydroxylation sites is 1. The van der Waals surface area contributed by atoms with Crippen LogP contribution in [0.2, 0.25) is 0 Å². The maximum Gasteiger partial charge on any atom is 0.348 e. The Bertz CT molecular complexity index is 677. The quantitative estimate of drug-likeness (QED) is 0.391. The van der Waals surface area contributed by atoms with Gasteiger partial charge >= 0.3 is 5.97 Å². The summed E-state index contributed by atoms with van der Waals surface area (Å²) in [6, 6.07) is 9.63. The Balaban J connectivity index is 2.23. The van der Waals surface area contributed by atoms with Crippen molar-refractivity contribution in [2.45, 2.75) is 19.8 Å². The van der Waals surface area contributed by atoms with Crippen LogP contribution in [-0.4, -0.2) is 17.6 Å². The van der Waals surface area contributed by atoms with Gasteiger partial charge in [0.15, 0.2) is 0 Å². The summed E-state index contributed by atoms with van der Waals surface area (Å²) < 4.78 is 5.06. The molecular formula is C16H16N2O2. The van der Waals surface area contributed by atoms with Gasteiger partial charge in [0.25, 0.3) is 0 Å². The van der Waals surface area contributed by atoms with Crippen LogP contribution in [0.1, 0.15) is 25.3 Å². The topological polar surface area (TPSA) is 65.9 Å². The fourth-order valence-electron chi connectivity index (χ4n) is 1.89. The van der Waals surface area contributed by atoms with Crippen LogP contribution >= 0.6 is 0 Å². The predicted octanol–water partition coefficient (Wildman–Crippen LogP) is 3.42. The van der Waals surface area contributed by atoms with E-state index in [1.807, 2.05) is 37.3 Å². The third-order valence-electron chi connectivity index (χ3n) is 2.99. The normalized spacial score (nSPS) is 11.3. The Morgan fingerprint density at radius 1 is 1.45 bits per heavy atom. The van der Waals surface area contributed by atoms with Crippen molar-refractivity contribution in [2.75, 3.05) is 6.61 Å². The van der Waals surface area contributed by atoms with E-state index >= 15 is 0 Å². The van der Waals surface area contributed by atoms with E-state index in [1.54, 1.807) is 12.3 Å². The van der Waals surface area contributed by atoms with E-state index in [1.165, 1.54) is 0 Å². The number of rotatable bonds is 5. The summed E-state index contributed by atoms with van der Waals surface area (Å²) in [5.41, 5.74) is 1.80. The maximum absolute atomic E-state index is 11.8. The minimum absolute atomic E-state index is 0.0193. The van der Waals surface area contributed by atoms with Crippen LogP contribution in [0.15, 0.2) is 36.0 Å². The molecule has 4 nitrogen and oxygen atoms in total. The molecule has 0 spiro atoms. The van der Waals surface area contributed by atoms with Gasteiger partial charge in [0.05, 0.1) is 6.61 Å². The lowest BCUT2D eigenvalue weighted by Crippen LogP contribution is -2.07. The van der Waals surface area contributed by atoms with Crippen molar-refractivity contribution in [1.82, 2.24) is 4.98 Å². The highest BCUT2D eigenvalue weighted by Gasteiger charge is 2.11. The summed E-state index contributed by atoms with van der Waals surface area (Å²) in [5, 5.41) is 10.1. The first kappa shape index (κ1) is 13.9. The second-order valence-electron chi connectivity index (χ2n) is 4.45. The van der Waals surface area contributed by atoms with E-state index in [4.69, 9.17) is 10.00 Å². The molecule has 1 heterocycles. The van der Waals surface area contributed by atoms with Crippen molar-refractivity contribution >= 4 is 22.9 Å². The zero-order valence-corrected chi connectivity index (χ0v) is 11.3. The molecule has 0 radical (unpaired) electrons. The summed E-state index contributed by atoms with van der Waals surface area (Å²) in [6.07, 6.45) is 5.09. The molecule has 102 valence electrons. The third kappa shape index (κ3) is 3.07. The van der Waals surface area contributed by atoms with Crippen LogP contribution in [0.5, 0.6) is 0 Å². The molecule has 0 fully saturated rings. The van der Waals surface area contributed by atoms with Gasteiger partial charge in [0.1, 0.15) is 11.6 Å². The number of esters is 1. The van der Waals surface area contributed by atoms with Crippen molar-refractivity contribution < 1.29 is 9.53 Å². The molecule has 0 amide bonds. The van der Waals surface area contributed by atoms with Crippen LogP contribution in [-0.2, 0) is 9.53 Å². The predicted molar refractivity (Wildman–Crippen MR) is 77.8 cm³/mol. The summed E-state index contributed by atoms with van der Waals surface area (Å²) in [6.45, 7) is 2.36. The van der Waals surface area contributed by atoms with Crippen LogP contribution in [0.3, 0.4) is 0 Å². The highest BCUT2D eigenvalue weighted by atomic mass is 16.5. The first-order valence-corrected chi connectivity index (χ1v) is 6.61. The molecule has 0 unspecified atom stereocenters. The number of aromatic nitrogens is 1. The van der Waals surface area contributed by atoms with E-state index in [0.29, 0.717) is 6.61 Å². The standard InChI is InChI=1S/C16H16N2O2/c1-2-3-8-20-16(19)12(10-17)9-13-11-18-15-7-5-4-6-14(13)15/h4-7,9,11,18H,2-3,8H2,1H3. The Morgan fingerprint density at radius 2 is 2.25 bits per heavy atom. The van der Waals surface area contributed by atoms with Crippen LogP contribution in [0.25, 0.3) is 17.0 Å². The number of hydrogen-bond donors (Lipinski definition) is 1. The fourth-order valence-corrected chi connectivity index (χ4v) is 1.89. The Kier molecular flexibility index (Phi) is 4.56. The number of carbonyl (C=O) groups excluding carboxylic acids is 1. The number of carbonyl (C=O) groups is 1. The molecule has 0 aliphatic carbocycles. The van der Waals surface area contributed by atoms with E-state index in [-0.39, 0.29) is 5.57 Å². The number of hydrogen-bond acceptors (Lipinski definition) is 3. The number of H-pyrrole nitrogens is 1. The molecule has 1 aromatic carbocycles. The van der Waals surface area contributed by atoms with Gasteiger partial charge in [0, 0.05) is 22.7 Å². The first-order chi connectivity index (χ1) is 9.76. The van der Waals surface area contributed by atoms with Crippen molar-refractivity contribution in [3.05, 3.63) is 41.6 Å². The van der Waals surface area contributed by atoms with Gasteiger partial charge in [-0.2, -0.15) is 5.26 Å². The Hall–Kier alpha value is -2.54. The molecule has 1 aromatic heterocycles. The second kappa shape index (κ2) is 6.58. The van der Waals surface area contributed by atoms with Gasteiger partial charge in [-0.1, -0.05) is 31.5 Å². The smallest absolute Gasteiger partial charge is 0.348 e. The van der Waals surface area contributed by atoms with Gasteiger partial charge in [-0.3, -0.25) is 0 Å². The molecule has 4 heteroatoms. The minimum atomic E-state index is -0.564. The van der Waals surface area contributed by atoms with Crippen LogP contribution in [0, 0.1) is 11.3 Å². The molecule has 20 heavy (non-hydrogen) atoms. The average molecular weight is 268 g/mol. The maximum atomic E-state index is 11.8. The second-order valence-corrected chi connectivity index (χ2v) is 4.45. The van der Waals surface area contributed by atoms with Gasteiger partial charge in [-0.15, -0.1) is 0 Å². The van der Waals surface area contributed by atoms with Gasteiger partial charge in [0.2, 0.25) is 0 Å². The average Bonchev–Trinajstić information content (AvgIpc) is 2.88. The highest BCUT2D eigenvalue weighted by Crippen LogP contribution is 2.20. The number of aromatic amines is 1. The highest BCUT2D eigenvalue weighted by molar-refractivity contribution is 6.01. The number of nitrogens with zero attached hydrogens (tertiary/aromatic N) is 1. The molecule has 0 saturated heterocycles. The van der Waals surface area contributed by atoms with Gasteiger partial charge in [-0.05, 0) is 18.6 Å².